The topological polar surface area (TPSA) is 29.5 Å². The first kappa shape index (κ1) is 29.8. The number of quaternary nitrogens is 1. The summed E-state index contributed by atoms with van der Waals surface area (Å²) >= 11 is 0. The Labute approximate surface area is 258 Å². The maximum Gasteiger partial charge on any atom is 0.362 e. The first-order valence-electron chi connectivity index (χ1n) is 18.1. The van der Waals surface area contributed by atoms with E-state index in [1.165, 1.54) is 63.4 Å². The molecule has 5 saturated carbocycles. The van der Waals surface area contributed by atoms with Crippen molar-refractivity contribution < 1.29 is 14.0 Å². The average molecular weight is 580 g/mol. The summed E-state index contributed by atoms with van der Waals surface area (Å²) in [6.07, 6.45) is 13.4. The fourth-order valence-electron chi connectivity index (χ4n) is 14.1. The van der Waals surface area contributed by atoms with Crippen molar-refractivity contribution in [2.75, 3.05) is 45.8 Å². The van der Waals surface area contributed by atoms with Crippen LogP contribution in [-0.2, 0) is 9.53 Å². The molecule has 3 aliphatic heterocycles. The Bertz CT molecular complexity index is 1110. The molecule has 236 valence electrons. The second kappa shape index (κ2) is 9.57. The number of esters is 1. The molecular formula is C38H63N2O2+. The van der Waals surface area contributed by atoms with E-state index in [1.54, 1.807) is 0 Å². The van der Waals surface area contributed by atoms with Gasteiger partial charge in [-0.1, -0.05) is 53.7 Å². The quantitative estimate of drug-likeness (QED) is 0.194. The summed E-state index contributed by atoms with van der Waals surface area (Å²) in [7, 11) is 0. The van der Waals surface area contributed by atoms with Crippen LogP contribution in [0.4, 0.5) is 0 Å². The van der Waals surface area contributed by atoms with E-state index in [4.69, 9.17) is 4.74 Å². The third kappa shape index (κ3) is 4.01. The van der Waals surface area contributed by atoms with E-state index in [1.807, 2.05) is 0 Å². The number of hydrogen-bond donors (Lipinski definition) is 0. The van der Waals surface area contributed by atoms with Gasteiger partial charge in [0.15, 0.2) is 6.54 Å². The second-order valence-corrected chi connectivity index (χ2v) is 18.7. The van der Waals surface area contributed by atoms with Gasteiger partial charge in [0.25, 0.3) is 0 Å². The minimum absolute atomic E-state index is 0.0317. The van der Waals surface area contributed by atoms with Gasteiger partial charge >= 0.3 is 5.97 Å². The van der Waals surface area contributed by atoms with E-state index in [0.717, 1.165) is 73.8 Å². The lowest BCUT2D eigenvalue weighted by atomic mass is 9.32. The second-order valence-electron chi connectivity index (χ2n) is 18.7. The Morgan fingerprint density at radius 1 is 0.810 bits per heavy atom. The number of carbonyl (C=O) groups excluding carboxylic acids is 1. The van der Waals surface area contributed by atoms with Crippen LogP contribution in [0.25, 0.3) is 0 Å². The fraction of sp³-hybridized carbons (Fsp3) is 0.921. The zero-order chi connectivity index (χ0) is 29.9. The van der Waals surface area contributed by atoms with Gasteiger partial charge in [0.2, 0.25) is 0 Å². The highest BCUT2D eigenvalue weighted by molar-refractivity contribution is 5.71. The lowest BCUT2D eigenvalue weighted by molar-refractivity contribution is -0.934. The first-order chi connectivity index (χ1) is 19.7. The van der Waals surface area contributed by atoms with Gasteiger partial charge in [-0.15, -0.1) is 0 Å². The van der Waals surface area contributed by atoms with E-state index < -0.39 is 0 Å². The molecule has 0 aromatic rings. The van der Waals surface area contributed by atoms with Crippen LogP contribution in [0.2, 0.25) is 0 Å². The van der Waals surface area contributed by atoms with Gasteiger partial charge in [0.1, 0.15) is 6.10 Å². The highest BCUT2D eigenvalue weighted by Crippen LogP contribution is 2.77. The van der Waals surface area contributed by atoms with Gasteiger partial charge in [0, 0.05) is 25.0 Å². The fourth-order valence-corrected chi connectivity index (χ4v) is 14.1. The number of hydrogen-bond acceptors (Lipinski definition) is 3. The van der Waals surface area contributed by atoms with Crippen LogP contribution in [0.1, 0.15) is 113 Å². The molecule has 0 radical (unpaired) electrons. The molecule has 4 nitrogen and oxygen atoms in total. The van der Waals surface area contributed by atoms with Gasteiger partial charge in [-0.05, 0) is 122 Å². The van der Waals surface area contributed by atoms with Crippen LogP contribution in [0, 0.1) is 56.7 Å². The summed E-state index contributed by atoms with van der Waals surface area (Å²) < 4.78 is 7.50. The molecule has 8 aliphatic rings. The van der Waals surface area contributed by atoms with Crippen LogP contribution in [-0.4, -0.2) is 67.3 Å². The summed E-state index contributed by atoms with van der Waals surface area (Å²) in [6, 6.07) is 0. The minimum Gasteiger partial charge on any atom is -0.458 e. The lowest BCUT2D eigenvalue weighted by Crippen LogP contribution is -2.69. The molecule has 3 saturated heterocycles. The molecule has 5 unspecified atom stereocenters. The van der Waals surface area contributed by atoms with Crippen molar-refractivity contribution >= 4 is 5.97 Å². The van der Waals surface area contributed by atoms with Gasteiger partial charge in [-0.25, -0.2) is 4.79 Å². The number of piperazine rings is 3. The highest BCUT2D eigenvalue weighted by Gasteiger charge is 2.70. The van der Waals surface area contributed by atoms with Gasteiger partial charge in [0.05, 0.1) is 19.6 Å². The molecule has 5 aliphatic carbocycles. The predicted octanol–water partition coefficient (Wildman–Crippen LogP) is 7.72. The normalized spacial score (nSPS) is 54.2. The van der Waals surface area contributed by atoms with Crippen LogP contribution in [0.15, 0.2) is 12.2 Å². The van der Waals surface area contributed by atoms with Crippen molar-refractivity contribution in [2.24, 2.45) is 56.7 Å². The van der Waals surface area contributed by atoms with E-state index in [2.05, 4.69) is 59.9 Å². The van der Waals surface area contributed by atoms with Crippen LogP contribution >= 0.6 is 0 Å². The Hall–Kier alpha value is -0.870. The van der Waals surface area contributed by atoms with Gasteiger partial charge < -0.3 is 9.22 Å². The highest BCUT2D eigenvalue weighted by atomic mass is 16.5. The van der Waals surface area contributed by atoms with Crippen molar-refractivity contribution in [1.82, 2.24) is 4.90 Å². The SMILES string of the molecule is C=C(C)C1CC[C@]2(C)CC[C@]3(C)C(CCC4[C@@]5(C)CC[C@H](OC(=O)C[N+]67CCN(CC6)CC7)C(C)(C)C5CC[C@]43C)C12. The summed E-state index contributed by atoms with van der Waals surface area (Å²) in [6.45, 7) is 30.0. The van der Waals surface area contributed by atoms with E-state index in [-0.39, 0.29) is 17.5 Å². The molecule has 0 aromatic carbocycles. The average Bonchev–Trinajstić information content (AvgIpc) is 3.29. The third-order valence-corrected chi connectivity index (χ3v) is 16.8. The number of fused-ring (bicyclic) bond motifs is 10. The number of carbonyl (C=O) groups is 1. The molecule has 3 heterocycles. The molecule has 0 amide bonds. The molecule has 2 bridgehead atoms. The molecule has 0 aromatic heterocycles. The maximum absolute atomic E-state index is 13.5. The maximum atomic E-state index is 13.5. The molecule has 8 rings (SSSR count). The largest absolute Gasteiger partial charge is 0.458 e. The van der Waals surface area contributed by atoms with E-state index in [9.17, 15) is 4.79 Å². The van der Waals surface area contributed by atoms with E-state index in [0.29, 0.717) is 34.1 Å². The zero-order valence-corrected chi connectivity index (χ0v) is 28.4. The molecule has 0 N–H and O–H groups in total. The summed E-state index contributed by atoms with van der Waals surface area (Å²) in [5.74, 6) is 3.89. The van der Waals surface area contributed by atoms with Gasteiger partial charge in [-0.3, -0.25) is 4.90 Å². The summed E-state index contributed by atoms with van der Waals surface area (Å²) in [5.41, 5.74) is 3.17. The van der Waals surface area contributed by atoms with E-state index >= 15 is 0 Å². The standard InChI is InChI=1S/C38H63N2O2/c1-26(2)27-11-14-35(5)17-18-37(7)28(33(27)35)9-10-30-36(6)15-13-31(34(3,4)29(36)12-16-38(30,37)8)42-32(41)25-40-22-19-39(20-23-40)21-24-40/h27-31,33H,1,9-25H2,2-8H3/q+1/t27?,28?,29?,30?,31-,33?,35+,36-,37+,38+/m0/s1. The van der Waals surface area contributed by atoms with Crippen molar-refractivity contribution in [2.45, 2.75) is 119 Å². The molecule has 8 fully saturated rings. The Kier molecular flexibility index (Phi) is 6.79. The Morgan fingerprint density at radius 3 is 2.17 bits per heavy atom. The van der Waals surface area contributed by atoms with Crippen molar-refractivity contribution in [3.8, 4) is 0 Å². The number of rotatable bonds is 4. The van der Waals surface area contributed by atoms with Crippen LogP contribution in [0.5, 0.6) is 0 Å². The zero-order valence-electron chi connectivity index (χ0n) is 28.4. The van der Waals surface area contributed by atoms with Crippen LogP contribution in [0.3, 0.4) is 0 Å². The minimum atomic E-state index is 0.0317. The molecule has 0 spiro atoms. The van der Waals surface area contributed by atoms with Crippen molar-refractivity contribution in [1.29, 1.82) is 0 Å². The molecule has 4 heteroatoms. The number of allylic oxidation sites excluding steroid dienone is 1. The van der Waals surface area contributed by atoms with Gasteiger partial charge in [-0.2, -0.15) is 0 Å². The predicted molar refractivity (Wildman–Crippen MR) is 171 cm³/mol. The lowest BCUT2D eigenvalue weighted by Gasteiger charge is -2.73. The first-order valence-corrected chi connectivity index (χ1v) is 18.1. The van der Waals surface area contributed by atoms with Crippen molar-refractivity contribution in [3.05, 3.63) is 12.2 Å². The Balaban J connectivity index is 1.11. The molecular weight excluding hydrogens is 516 g/mol. The third-order valence-electron chi connectivity index (χ3n) is 16.8. The Morgan fingerprint density at radius 2 is 1.50 bits per heavy atom. The number of ether oxygens (including phenoxy) is 1. The monoisotopic (exact) mass is 579 g/mol. The molecule has 42 heavy (non-hydrogen) atoms. The van der Waals surface area contributed by atoms with Crippen LogP contribution < -0.4 is 0 Å². The van der Waals surface area contributed by atoms with Crippen molar-refractivity contribution in [3.63, 3.8) is 0 Å². The summed E-state index contributed by atoms with van der Waals surface area (Å²) in [5, 5.41) is 0. The summed E-state index contributed by atoms with van der Waals surface area (Å²) in [4.78, 5) is 16.1. The number of nitrogens with zero attached hydrogens (tertiary/aromatic N) is 2. The smallest absolute Gasteiger partial charge is 0.362 e. The molecule has 10 atom stereocenters.